The van der Waals surface area contributed by atoms with Gasteiger partial charge in [-0.2, -0.15) is 0 Å². The first-order chi connectivity index (χ1) is 8.99. The summed E-state index contributed by atoms with van der Waals surface area (Å²) in [4.78, 5) is 11.8. The molecule has 0 bridgehead atoms. The molecule has 1 aromatic heterocycles. The molecule has 1 heterocycles. The number of carbonyl (C=O) groups is 1. The van der Waals surface area contributed by atoms with Crippen molar-refractivity contribution in [2.24, 2.45) is 0 Å². The Hall–Kier alpha value is -1.95. The number of aromatic carboxylic acids is 1. The zero-order valence-corrected chi connectivity index (χ0v) is 10.8. The quantitative estimate of drug-likeness (QED) is 0.933. The molecule has 2 rings (SSSR count). The van der Waals surface area contributed by atoms with Crippen molar-refractivity contribution in [3.63, 3.8) is 0 Å². The van der Waals surface area contributed by atoms with Crippen LogP contribution in [0, 0.1) is 18.6 Å². The molecule has 6 heteroatoms. The van der Waals surface area contributed by atoms with E-state index in [0.717, 1.165) is 22.3 Å². The van der Waals surface area contributed by atoms with E-state index in [0.29, 0.717) is 0 Å². The minimum Gasteiger partial charge on any atom is -0.487 e. The molecule has 2 aromatic rings. The maximum Gasteiger partial charge on any atom is 0.349 e. The van der Waals surface area contributed by atoms with Crippen molar-refractivity contribution in [2.75, 3.05) is 0 Å². The molecule has 0 atom stereocenters. The number of carboxylic acid groups (broad SMARTS) is 1. The summed E-state index contributed by atoms with van der Waals surface area (Å²) in [7, 11) is 0. The molecule has 0 saturated carbocycles. The number of rotatable bonds is 4. The van der Waals surface area contributed by atoms with Gasteiger partial charge < -0.3 is 9.84 Å². The van der Waals surface area contributed by atoms with Crippen LogP contribution in [0.25, 0.3) is 0 Å². The van der Waals surface area contributed by atoms with Gasteiger partial charge in [0.15, 0.2) is 16.5 Å². The van der Waals surface area contributed by atoms with Crippen molar-refractivity contribution in [1.82, 2.24) is 0 Å². The number of hydrogen-bond acceptors (Lipinski definition) is 3. The van der Waals surface area contributed by atoms with Crippen LogP contribution in [-0.4, -0.2) is 11.1 Å². The van der Waals surface area contributed by atoms with Gasteiger partial charge in [0.1, 0.15) is 12.4 Å². The van der Waals surface area contributed by atoms with Gasteiger partial charge in [0.2, 0.25) is 0 Å². The fraction of sp³-hybridized carbons (Fsp3) is 0.154. The Kier molecular flexibility index (Phi) is 3.80. The van der Waals surface area contributed by atoms with Gasteiger partial charge in [-0.25, -0.2) is 13.6 Å². The lowest BCUT2D eigenvalue weighted by atomic mass is 10.2. The van der Waals surface area contributed by atoms with Crippen molar-refractivity contribution < 1.29 is 23.4 Å². The highest BCUT2D eigenvalue weighted by molar-refractivity contribution is 7.14. The minimum atomic E-state index is -1.10. The largest absolute Gasteiger partial charge is 0.487 e. The molecule has 3 nitrogen and oxygen atoms in total. The van der Waals surface area contributed by atoms with Crippen LogP contribution in [-0.2, 0) is 6.61 Å². The van der Waals surface area contributed by atoms with E-state index in [1.165, 1.54) is 12.1 Å². The molecule has 0 aliphatic rings. The molecule has 100 valence electrons. The predicted octanol–water partition coefficient (Wildman–Crippen LogP) is 3.61. The van der Waals surface area contributed by atoms with Crippen LogP contribution in [0.3, 0.4) is 0 Å². The molecule has 1 aromatic carbocycles. The van der Waals surface area contributed by atoms with E-state index >= 15 is 0 Å². The second-order valence-electron chi connectivity index (χ2n) is 3.86. The van der Waals surface area contributed by atoms with Crippen LogP contribution in [0.1, 0.15) is 20.1 Å². The smallest absolute Gasteiger partial charge is 0.349 e. The summed E-state index contributed by atoms with van der Waals surface area (Å²) in [6.07, 6.45) is 0. The van der Waals surface area contributed by atoms with Gasteiger partial charge in [0.05, 0.1) is 0 Å². The Morgan fingerprint density at radius 1 is 1.42 bits per heavy atom. The molecule has 0 fully saturated rings. The lowest BCUT2D eigenvalue weighted by Crippen LogP contribution is -2.02. The summed E-state index contributed by atoms with van der Waals surface area (Å²) in [6.45, 7) is 1.52. The minimum absolute atomic E-state index is 0.0418. The molecule has 0 unspecified atom stereocenters. The van der Waals surface area contributed by atoms with Gasteiger partial charge in [-0.15, -0.1) is 11.3 Å². The molecular formula is C13H10F2O3S. The number of thiophene rings is 1. The average molecular weight is 284 g/mol. The van der Waals surface area contributed by atoms with Crippen molar-refractivity contribution in [3.05, 3.63) is 51.2 Å². The molecule has 0 radical (unpaired) electrons. The van der Waals surface area contributed by atoms with Crippen LogP contribution < -0.4 is 4.74 Å². The predicted molar refractivity (Wildman–Crippen MR) is 66.7 cm³/mol. The van der Waals surface area contributed by atoms with Gasteiger partial charge >= 0.3 is 5.97 Å². The van der Waals surface area contributed by atoms with E-state index in [1.807, 2.05) is 0 Å². The third-order valence-corrected chi connectivity index (χ3v) is 3.45. The van der Waals surface area contributed by atoms with E-state index in [1.54, 1.807) is 13.0 Å². The Bertz CT molecular complexity index is 622. The van der Waals surface area contributed by atoms with Crippen LogP contribution in [0.2, 0.25) is 0 Å². The molecule has 1 N–H and O–H groups in total. The number of aryl methyl sites for hydroxylation is 1. The van der Waals surface area contributed by atoms with Gasteiger partial charge in [-0.3, -0.25) is 0 Å². The average Bonchev–Trinajstić information content (AvgIpc) is 2.73. The van der Waals surface area contributed by atoms with E-state index in [4.69, 9.17) is 9.84 Å². The SMILES string of the molecule is Cc1cc(OCc2cccc(F)c2F)c(C(=O)O)s1. The summed E-state index contributed by atoms with van der Waals surface area (Å²) in [5.41, 5.74) is 0.0418. The first-order valence-corrected chi connectivity index (χ1v) is 6.20. The Morgan fingerprint density at radius 3 is 2.84 bits per heavy atom. The summed E-state index contributed by atoms with van der Waals surface area (Å²) in [5, 5.41) is 8.97. The number of benzene rings is 1. The standard InChI is InChI=1S/C13H10F2O3S/c1-7-5-10(12(19-7)13(16)17)18-6-8-3-2-4-9(14)11(8)15/h2-5H,6H2,1H3,(H,16,17). The van der Waals surface area contributed by atoms with Crippen LogP contribution in [0.5, 0.6) is 5.75 Å². The summed E-state index contributed by atoms with van der Waals surface area (Å²) < 4.78 is 31.7. The first kappa shape index (κ1) is 13.5. The summed E-state index contributed by atoms with van der Waals surface area (Å²) >= 11 is 1.07. The highest BCUT2D eigenvalue weighted by Crippen LogP contribution is 2.29. The summed E-state index contributed by atoms with van der Waals surface area (Å²) in [5.74, 6) is -2.88. The highest BCUT2D eigenvalue weighted by Gasteiger charge is 2.16. The lowest BCUT2D eigenvalue weighted by Gasteiger charge is -2.06. The van der Waals surface area contributed by atoms with Crippen LogP contribution in [0.15, 0.2) is 24.3 Å². The second-order valence-corrected chi connectivity index (χ2v) is 5.11. The number of ether oxygens (including phenoxy) is 1. The Labute approximate surface area is 112 Å². The molecular weight excluding hydrogens is 274 g/mol. The molecule has 0 aliphatic heterocycles. The van der Waals surface area contributed by atoms with E-state index in [-0.39, 0.29) is 22.8 Å². The maximum atomic E-state index is 13.4. The summed E-state index contributed by atoms with van der Waals surface area (Å²) in [6, 6.07) is 5.33. The van der Waals surface area contributed by atoms with Crippen LogP contribution in [0.4, 0.5) is 8.78 Å². The number of hydrogen-bond donors (Lipinski definition) is 1. The first-order valence-electron chi connectivity index (χ1n) is 5.38. The Balaban J connectivity index is 2.19. The zero-order valence-electron chi connectivity index (χ0n) is 9.94. The van der Waals surface area contributed by atoms with Gasteiger partial charge in [-0.05, 0) is 19.1 Å². The lowest BCUT2D eigenvalue weighted by molar-refractivity contribution is 0.0697. The van der Waals surface area contributed by atoms with E-state index in [9.17, 15) is 13.6 Å². The van der Waals surface area contributed by atoms with Crippen LogP contribution >= 0.6 is 11.3 Å². The topological polar surface area (TPSA) is 46.5 Å². The zero-order chi connectivity index (χ0) is 14.0. The molecule has 0 spiro atoms. The van der Waals surface area contributed by atoms with Crippen molar-refractivity contribution in [3.8, 4) is 5.75 Å². The highest BCUT2D eigenvalue weighted by atomic mass is 32.1. The van der Waals surface area contributed by atoms with Crippen molar-refractivity contribution in [1.29, 1.82) is 0 Å². The van der Waals surface area contributed by atoms with Crippen molar-refractivity contribution >= 4 is 17.3 Å². The van der Waals surface area contributed by atoms with Gasteiger partial charge in [-0.1, -0.05) is 12.1 Å². The normalized spacial score (nSPS) is 10.5. The maximum absolute atomic E-state index is 13.4. The van der Waals surface area contributed by atoms with Gasteiger partial charge in [0, 0.05) is 10.4 Å². The van der Waals surface area contributed by atoms with E-state index < -0.39 is 17.6 Å². The fourth-order valence-electron chi connectivity index (χ4n) is 1.56. The number of carboxylic acids is 1. The van der Waals surface area contributed by atoms with E-state index in [2.05, 4.69) is 0 Å². The third-order valence-electron chi connectivity index (χ3n) is 2.43. The van der Waals surface area contributed by atoms with Gasteiger partial charge in [0.25, 0.3) is 0 Å². The Morgan fingerprint density at radius 2 is 2.16 bits per heavy atom. The molecule has 0 saturated heterocycles. The fourth-order valence-corrected chi connectivity index (χ4v) is 2.36. The molecule has 0 aliphatic carbocycles. The molecule has 19 heavy (non-hydrogen) atoms. The monoisotopic (exact) mass is 284 g/mol. The third kappa shape index (κ3) is 2.90. The second kappa shape index (κ2) is 5.36. The number of halogens is 2. The molecule has 0 amide bonds. The van der Waals surface area contributed by atoms with Crippen molar-refractivity contribution in [2.45, 2.75) is 13.5 Å².